The van der Waals surface area contributed by atoms with Gasteiger partial charge in [-0.1, -0.05) is 6.07 Å². The minimum absolute atomic E-state index is 0. The number of anilines is 1. The number of nitrogens with one attached hydrogen (secondary N) is 1. The third-order valence-corrected chi connectivity index (χ3v) is 4.49. The lowest BCUT2D eigenvalue weighted by molar-refractivity contribution is -0.126. The van der Waals surface area contributed by atoms with Crippen molar-refractivity contribution in [2.75, 3.05) is 31.1 Å². The van der Waals surface area contributed by atoms with Gasteiger partial charge in [-0.05, 0) is 48.6 Å². The summed E-state index contributed by atoms with van der Waals surface area (Å²) in [4.78, 5) is 31.7. The summed E-state index contributed by atoms with van der Waals surface area (Å²) in [5.74, 6) is -1.02. The first-order valence-electron chi connectivity index (χ1n) is 9.12. The fourth-order valence-electron chi connectivity index (χ4n) is 2.95. The van der Waals surface area contributed by atoms with E-state index in [1.54, 1.807) is 41.3 Å². The molecule has 7 nitrogen and oxygen atoms in total. The lowest BCUT2D eigenvalue weighted by Crippen LogP contribution is -2.48. The molecule has 0 spiro atoms. The van der Waals surface area contributed by atoms with Gasteiger partial charge in [0.25, 0.3) is 5.91 Å². The number of hydroxylamine groups is 1. The Morgan fingerprint density at radius 2 is 1.57 bits per heavy atom. The van der Waals surface area contributed by atoms with E-state index in [4.69, 9.17) is 5.21 Å². The molecule has 1 saturated heterocycles. The second-order valence-electron chi connectivity index (χ2n) is 6.42. The Balaban J connectivity index is 0.00000320. The van der Waals surface area contributed by atoms with Crippen LogP contribution in [0.3, 0.4) is 0 Å². The van der Waals surface area contributed by atoms with Crippen LogP contribution in [0.1, 0.15) is 11.4 Å². The molecule has 1 aliphatic rings. The van der Waals surface area contributed by atoms with Crippen molar-refractivity contribution < 1.29 is 19.2 Å². The maximum absolute atomic E-state index is 13.1. The van der Waals surface area contributed by atoms with Gasteiger partial charge in [0, 0.05) is 44.0 Å². The number of amides is 2. The Labute approximate surface area is 179 Å². The fourth-order valence-corrected chi connectivity index (χ4v) is 2.95. The Kier molecular flexibility index (Phi) is 8.52. The normalized spacial score (nSPS) is 14.1. The average Bonchev–Trinajstić information content (AvgIpc) is 2.76. The van der Waals surface area contributed by atoms with Crippen molar-refractivity contribution in [1.82, 2.24) is 15.4 Å². The standard InChI is InChI=1S/C21H21FN4O3.ClH/c22-16-4-8-19(9-5-16)25-12-14-26(15-13-25)21(28)11-7-18-3-1-2-17(23-18)6-10-20(27)24-29;/h1-11,29H,12-15H2,(H,24,27);1H. The van der Waals surface area contributed by atoms with Crippen LogP contribution in [0.15, 0.2) is 54.6 Å². The molecule has 2 heterocycles. The van der Waals surface area contributed by atoms with Gasteiger partial charge < -0.3 is 9.80 Å². The van der Waals surface area contributed by atoms with E-state index in [9.17, 15) is 14.0 Å². The maximum Gasteiger partial charge on any atom is 0.267 e. The predicted molar refractivity (Wildman–Crippen MR) is 115 cm³/mol. The minimum atomic E-state index is -0.650. The molecule has 2 aromatic rings. The van der Waals surface area contributed by atoms with E-state index in [1.807, 2.05) is 0 Å². The monoisotopic (exact) mass is 432 g/mol. The first-order valence-corrected chi connectivity index (χ1v) is 9.12. The van der Waals surface area contributed by atoms with Crippen molar-refractivity contribution >= 4 is 42.1 Å². The molecular weight excluding hydrogens is 411 g/mol. The summed E-state index contributed by atoms with van der Waals surface area (Å²) in [6.45, 7) is 2.51. The van der Waals surface area contributed by atoms with Gasteiger partial charge in [0.15, 0.2) is 0 Å². The van der Waals surface area contributed by atoms with Crippen molar-refractivity contribution in [1.29, 1.82) is 0 Å². The van der Waals surface area contributed by atoms with Crippen LogP contribution in [0.2, 0.25) is 0 Å². The number of hydrogen-bond acceptors (Lipinski definition) is 5. The van der Waals surface area contributed by atoms with Crippen molar-refractivity contribution in [2.45, 2.75) is 0 Å². The van der Waals surface area contributed by atoms with E-state index in [1.165, 1.54) is 29.8 Å². The van der Waals surface area contributed by atoms with Gasteiger partial charge in [0.2, 0.25) is 5.91 Å². The SMILES string of the molecule is Cl.O=C(C=Cc1cccc(C=CC(=O)N2CCN(c3ccc(F)cc3)CC2)n1)NO. The third-order valence-electron chi connectivity index (χ3n) is 4.49. The molecule has 3 rings (SSSR count). The molecule has 2 amide bonds. The molecule has 30 heavy (non-hydrogen) atoms. The topological polar surface area (TPSA) is 85.8 Å². The molecule has 0 radical (unpaired) electrons. The molecule has 0 aliphatic carbocycles. The Morgan fingerprint density at radius 1 is 0.967 bits per heavy atom. The summed E-state index contributed by atoms with van der Waals surface area (Å²) < 4.78 is 13.1. The Morgan fingerprint density at radius 3 is 2.17 bits per heavy atom. The van der Waals surface area contributed by atoms with Gasteiger partial charge in [-0.3, -0.25) is 14.8 Å². The molecule has 1 fully saturated rings. The van der Waals surface area contributed by atoms with Crippen LogP contribution < -0.4 is 10.4 Å². The maximum atomic E-state index is 13.1. The molecule has 9 heteroatoms. The van der Waals surface area contributed by atoms with Crippen LogP contribution in [0.25, 0.3) is 12.2 Å². The number of aromatic nitrogens is 1. The summed E-state index contributed by atoms with van der Waals surface area (Å²) in [6.07, 6.45) is 5.71. The Bertz CT molecular complexity index is 926. The number of nitrogens with zero attached hydrogens (tertiary/aromatic N) is 3. The van der Waals surface area contributed by atoms with E-state index in [-0.39, 0.29) is 24.1 Å². The van der Waals surface area contributed by atoms with Crippen LogP contribution in [-0.2, 0) is 9.59 Å². The lowest BCUT2D eigenvalue weighted by Gasteiger charge is -2.35. The van der Waals surface area contributed by atoms with Crippen LogP contribution in [0, 0.1) is 5.82 Å². The number of pyridine rings is 1. The van der Waals surface area contributed by atoms with Crippen LogP contribution >= 0.6 is 12.4 Å². The van der Waals surface area contributed by atoms with E-state index in [0.29, 0.717) is 37.6 Å². The zero-order chi connectivity index (χ0) is 20.6. The molecule has 1 aliphatic heterocycles. The average molecular weight is 433 g/mol. The van der Waals surface area contributed by atoms with Gasteiger partial charge in [-0.15, -0.1) is 12.4 Å². The van der Waals surface area contributed by atoms with E-state index >= 15 is 0 Å². The molecule has 1 aromatic heterocycles. The van der Waals surface area contributed by atoms with Crippen molar-refractivity contribution in [3.05, 3.63) is 71.8 Å². The zero-order valence-corrected chi connectivity index (χ0v) is 16.9. The molecule has 2 N–H and O–H groups in total. The highest BCUT2D eigenvalue weighted by atomic mass is 35.5. The first kappa shape index (κ1) is 23.1. The number of carbonyl (C=O) groups excluding carboxylic acids is 2. The number of benzene rings is 1. The van der Waals surface area contributed by atoms with E-state index in [2.05, 4.69) is 9.88 Å². The quantitative estimate of drug-likeness (QED) is 0.431. The number of hydrogen-bond donors (Lipinski definition) is 2. The van der Waals surface area contributed by atoms with Crippen LogP contribution in [0.4, 0.5) is 10.1 Å². The fraction of sp³-hybridized carbons (Fsp3) is 0.190. The lowest BCUT2D eigenvalue weighted by atomic mass is 10.2. The highest BCUT2D eigenvalue weighted by Gasteiger charge is 2.19. The summed E-state index contributed by atoms with van der Waals surface area (Å²) >= 11 is 0. The number of rotatable bonds is 5. The summed E-state index contributed by atoms with van der Waals surface area (Å²) in [7, 11) is 0. The molecule has 0 atom stereocenters. The predicted octanol–water partition coefficient (Wildman–Crippen LogP) is 2.52. The molecule has 158 valence electrons. The molecule has 1 aromatic carbocycles. The van der Waals surface area contributed by atoms with Gasteiger partial charge in [-0.25, -0.2) is 14.9 Å². The third kappa shape index (κ3) is 6.40. The summed E-state index contributed by atoms with van der Waals surface area (Å²) in [5, 5.41) is 8.49. The number of carbonyl (C=O) groups is 2. The van der Waals surface area contributed by atoms with Crippen LogP contribution in [-0.4, -0.2) is 53.1 Å². The summed E-state index contributed by atoms with van der Waals surface area (Å²) in [5.41, 5.74) is 3.55. The molecule has 0 bridgehead atoms. The van der Waals surface area contributed by atoms with E-state index in [0.717, 1.165) is 11.8 Å². The van der Waals surface area contributed by atoms with Crippen molar-refractivity contribution in [2.24, 2.45) is 0 Å². The second kappa shape index (κ2) is 11.1. The number of halogens is 2. The van der Waals surface area contributed by atoms with Crippen molar-refractivity contribution in [3.63, 3.8) is 0 Å². The highest BCUT2D eigenvalue weighted by molar-refractivity contribution is 5.92. The van der Waals surface area contributed by atoms with Crippen LogP contribution in [0.5, 0.6) is 0 Å². The van der Waals surface area contributed by atoms with Gasteiger partial charge in [0.1, 0.15) is 5.82 Å². The van der Waals surface area contributed by atoms with Gasteiger partial charge >= 0.3 is 0 Å². The number of piperazine rings is 1. The highest BCUT2D eigenvalue weighted by Crippen LogP contribution is 2.17. The Hall–Kier alpha value is -3.23. The van der Waals surface area contributed by atoms with Crippen molar-refractivity contribution in [3.8, 4) is 0 Å². The summed E-state index contributed by atoms with van der Waals surface area (Å²) in [6, 6.07) is 11.6. The molecule has 0 unspecified atom stereocenters. The molecular formula is C21H22ClFN4O3. The largest absolute Gasteiger partial charge is 0.368 e. The van der Waals surface area contributed by atoms with Gasteiger partial charge in [-0.2, -0.15) is 0 Å². The van der Waals surface area contributed by atoms with E-state index < -0.39 is 5.91 Å². The first-order chi connectivity index (χ1) is 14.0. The smallest absolute Gasteiger partial charge is 0.267 e. The zero-order valence-electron chi connectivity index (χ0n) is 16.1. The minimum Gasteiger partial charge on any atom is -0.368 e. The van der Waals surface area contributed by atoms with Gasteiger partial charge in [0.05, 0.1) is 11.4 Å². The second-order valence-corrected chi connectivity index (χ2v) is 6.42. The molecule has 0 saturated carbocycles.